The van der Waals surface area contributed by atoms with Crippen LogP contribution in [0.4, 0.5) is 10.6 Å². The molecule has 2 amide bonds. The first kappa shape index (κ1) is 17.7. The van der Waals surface area contributed by atoms with Crippen molar-refractivity contribution < 1.29 is 4.79 Å². The van der Waals surface area contributed by atoms with E-state index in [0.717, 1.165) is 54.8 Å². The van der Waals surface area contributed by atoms with Gasteiger partial charge in [0.25, 0.3) is 0 Å². The van der Waals surface area contributed by atoms with Crippen LogP contribution in [0.2, 0.25) is 0 Å². The Labute approximate surface area is 160 Å². The highest BCUT2D eigenvalue weighted by Gasteiger charge is 2.33. The molecule has 2 fully saturated rings. The van der Waals surface area contributed by atoms with Crippen LogP contribution in [0.25, 0.3) is 10.9 Å². The minimum atomic E-state index is 0.0521. The molecule has 0 aliphatic carbocycles. The van der Waals surface area contributed by atoms with Crippen molar-refractivity contribution in [3.63, 3.8) is 0 Å². The van der Waals surface area contributed by atoms with Gasteiger partial charge in [-0.05, 0) is 31.7 Å². The molecular weight excluding hydrogens is 338 g/mol. The van der Waals surface area contributed by atoms with Crippen molar-refractivity contribution in [3.05, 3.63) is 29.8 Å². The number of likely N-dealkylation sites (tertiary alicyclic amines) is 1. The van der Waals surface area contributed by atoms with Gasteiger partial charge in [-0.15, -0.1) is 0 Å². The van der Waals surface area contributed by atoms with Gasteiger partial charge in [-0.3, -0.25) is 0 Å². The molecule has 1 N–H and O–H groups in total. The second-order valence-electron chi connectivity index (χ2n) is 8.11. The highest BCUT2D eigenvalue weighted by atomic mass is 16.2. The summed E-state index contributed by atoms with van der Waals surface area (Å²) in [6.07, 6.45) is 1.97. The van der Waals surface area contributed by atoms with Crippen LogP contribution in [0.5, 0.6) is 0 Å². The van der Waals surface area contributed by atoms with Crippen molar-refractivity contribution >= 4 is 22.8 Å². The molecule has 1 unspecified atom stereocenters. The highest BCUT2D eigenvalue weighted by molar-refractivity contribution is 5.93. The number of benzene rings is 1. The number of fused-ring (bicyclic) bond motifs is 1. The number of nitriles is 1. The number of anilines is 1. The lowest BCUT2D eigenvalue weighted by atomic mass is 10.1. The fraction of sp³-hybridized carbons (Fsp3) is 0.524. The molecule has 2 saturated heterocycles. The summed E-state index contributed by atoms with van der Waals surface area (Å²) in [6, 6.07) is 10.9. The second-order valence-corrected chi connectivity index (χ2v) is 8.11. The summed E-state index contributed by atoms with van der Waals surface area (Å²) in [4.78, 5) is 16.9. The molecule has 0 saturated carbocycles. The van der Waals surface area contributed by atoms with Crippen LogP contribution in [0.3, 0.4) is 0 Å². The fourth-order valence-electron chi connectivity index (χ4n) is 4.77. The van der Waals surface area contributed by atoms with Gasteiger partial charge < -0.3 is 19.7 Å². The number of urea groups is 1. The minimum Gasteiger partial charge on any atom is -0.355 e. The monoisotopic (exact) mass is 365 g/mol. The Bertz CT molecular complexity index is 911. The van der Waals surface area contributed by atoms with Crippen molar-refractivity contribution in [2.75, 3.05) is 24.5 Å². The van der Waals surface area contributed by atoms with E-state index in [1.54, 1.807) is 0 Å². The van der Waals surface area contributed by atoms with E-state index in [1.807, 2.05) is 36.2 Å². The van der Waals surface area contributed by atoms with Crippen LogP contribution in [0.1, 0.15) is 32.3 Å². The van der Waals surface area contributed by atoms with E-state index < -0.39 is 0 Å². The number of carbonyl (C=O) groups is 1. The van der Waals surface area contributed by atoms with Gasteiger partial charge in [0.15, 0.2) is 0 Å². The average Bonchev–Trinajstić information content (AvgIpc) is 3.31. The molecule has 0 spiro atoms. The summed E-state index contributed by atoms with van der Waals surface area (Å²) in [5, 5.41) is 13.9. The maximum Gasteiger partial charge on any atom is 0.317 e. The first-order valence-corrected chi connectivity index (χ1v) is 9.79. The Morgan fingerprint density at radius 1 is 1.26 bits per heavy atom. The standard InChI is InChI=1S/C21H27N5O/c1-14-10-15(2)26(12-14)21(27)23-16-8-9-25(13-16)20-18(11-22)17-6-4-5-7-19(17)24(20)3/h4-7,14-16H,8-10,12-13H2,1-3H3,(H,23,27)/t14-,15?,16-/m0/s1. The van der Waals surface area contributed by atoms with Crippen LogP contribution in [0.15, 0.2) is 24.3 Å². The number of carbonyl (C=O) groups excluding carboxylic acids is 1. The van der Waals surface area contributed by atoms with Crippen LogP contribution in [-0.4, -0.2) is 47.2 Å². The second kappa shape index (κ2) is 6.80. The molecule has 2 aromatic rings. The SMILES string of the molecule is CC1C[C@H](C)CN1C(=O)N[C@H]1CCN(c2c(C#N)c3ccccc3n2C)C1. The molecule has 3 atom stereocenters. The molecule has 1 aromatic carbocycles. The minimum absolute atomic E-state index is 0.0521. The quantitative estimate of drug-likeness (QED) is 0.889. The Balaban J connectivity index is 1.51. The number of para-hydroxylation sites is 1. The van der Waals surface area contributed by atoms with Gasteiger partial charge >= 0.3 is 6.03 Å². The van der Waals surface area contributed by atoms with E-state index in [9.17, 15) is 10.1 Å². The average molecular weight is 365 g/mol. The largest absolute Gasteiger partial charge is 0.355 e. The summed E-state index contributed by atoms with van der Waals surface area (Å²) < 4.78 is 2.10. The Kier molecular flexibility index (Phi) is 4.47. The summed E-state index contributed by atoms with van der Waals surface area (Å²) in [5.74, 6) is 1.53. The lowest BCUT2D eigenvalue weighted by molar-refractivity contribution is 0.192. The first-order chi connectivity index (χ1) is 13.0. The number of aryl methyl sites for hydroxylation is 1. The number of hydrogen-bond acceptors (Lipinski definition) is 3. The molecule has 2 aliphatic heterocycles. The third-order valence-corrected chi connectivity index (χ3v) is 6.05. The van der Waals surface area contributed by atoms with E-state index >= 15 is 0 Å². The maximum absolute atomic E-state index is 12.7. The number of nitrogens with one attached hydrogen (secondary N) is 1. The van der Waals surface area contributed by atoms with Crippen molar-refractivity contribution in [3.8, 4) is 6.07 Å². The van der Waals surface area contributed by atoms with E-state index in [2.05, 4.69) is 34.7 Å². The van der Waals surface area contributed by atoms with Gasteiger partial charge in [-0.2, -0.15) is 5.26 Å². The molecule has 0 bridgehead atoms. The topological polar surface area (TPSA) is 64.3 Å². The number of amides is 2. The third kappa shape index (κ3) is 3.01. The van der Waals surface area contributed by atoms with E-state index in [-0.39, 0.29) is 12.1 Å². The number of aromatic nitrogens is 1. The molecule has 6 heteroatoms. The lowest BCUT2D eigenvalue weighted by Gasteiger charge is -2.25. The summed E-state index contributed by atoms with van der Waals surface area (Å²) in [7, 11) is 2.01. The zero-order valence-corrected chi connectivity index (χ0v) is 16.3. The molecule has 142 valence electrons. The Hall–Kier alpha value is -2.68. The number of nitrogens with zero attached hydrogens (tertiary/aromatic N) is 4. The van der Waals surface area contributed by atoms with E-state index in [0.29, 0.717) is 12.0 Å². The summed E-state index contributed by atoms with van der Waals surface area (Å²) in [5.41, 5.74) is 1.79. The molecule has 6 nitrogen and oxygen atoms in total. The fourth-order valence-corrected chi connectivity index (χ4v) is 4.77. The molecule has 0 radical (unpaired) electrons. The Morgan fingerprint density at radius 2 is 2.04 bits per heavy atom. The molecular formula is C21H27N5O. The first-order valence-electron chi connectivity index (χ1n) is 9.79. The number of rotatable bonds is 2. The van der Waals surface area contributed by atoms with Gasteiger partial charge in [-0.1, -0.05) is 25.1 Å². The molecule has 2 aliphatic rings. The zero-order chi connectivity index (χ0) is 19.1. The smallest absolute Gasteiger partial charge is 0.317 e. The van der Waals surface area contributed by atoms with Gasteiger partial charge in [0.05, 0.1) is 5.52 Å². The van der Waals surface area contributed by atoms with Gasteiger partial charge in [0.1, 0.15) is 17.5 Å². The van der Waals surface area contributed by atoms with Crippen LogP contribution in [-0.2, 0) is 7.05 Å². The van der Waals surface area contributed by atoms with Crippen molar-refractivity contribution in [1.82, 2.24) is 14.8 Å². The van der Waals surface area contributed by atoms with Gasteiger partial charge in [0.2, 0.25) is 0 Å². The highest BCUT2D eigenvalue weighted by Crippen LogP contribution is 2.33. The third-order valence-electron chi connectivity index (χ3n) is 6.05. The lowest BCUT2D eigenvalue weighted by Crippen LogP contribution is -2.47. The van der Waals surface area contributed by atoms with Crippen molar-refractivity contribution in [2.45, 2.75) is 38.8 Å². The maximum atomic E-state index is 12.7. The molecule has 1 aromatic heterocycles. The van der Waals surface area contributed by atoms with Crippen LogP contribution < -0.4 is 10.2 Å². The van der Waals surface area contributed by atoms with Crippen molar-refractivity contribution in [2.24, 2.45) is 13.0 Å². The van der Waals surface area contributed by atoms with Gasteiger partial charge in [0, 0.05) is 44.2 Å². The van der Waals surface area contributed by atoms with Gasteiger partial charge in [-0.25, -0.2) is 4.79 Å². The zero-order valence-electron chi connectivity index (χ0n) is 16.3. The predicted octanol–water partition coefficient (Wildman–Crippen LogP) is 3.07. The normalized spacial score (nSPS) is 25.2. The Morgan fingerprint density at radius 3 is 2.74 bits per heavy atom. The number of hydrogen-bond donors (Lipinski definition) is 1. The molecule has 4 rings (SSSR count). The molecule has 27 heavy (non-hydrogen) atoms. The summed E-state index contributed by atoms with van der Waals surface area (Å²) in [6.45, 7) is 6.74. The van der Waals surface area contributed by atoms with E-state index in [1.165, 1.54) is 0 Å². The predicted molar refractivity (Wildman–Crippen MR) is 107 cm³/mol. The molecule has 3 heterocycles. The van der Waals surface area contributed by atoms with E-state index in [4.69, 9.17) is 0 Å². The van der Waals surface area contributed by atoms with Crippen molar-refractivity contribution in [1.29, 1.82) is 5.26 Å². The summed E-state index contributed by atoms with van der Waals surface area (Å²) >= 11 is 0. The van der Waals surface area contributed by atoms with Crippen LogP contribution >= 0.6 is 0 Å². The van der Waals surface area contributed by atoms with Crippen LogP contribution in [0, 0.1) is 17.2 Å².